The molecule has 2 aliphatic heterocycles. The van der Waals surface area contributed by atoms with Crippen LogP contribution in [0, 0.1) is 0 Å². The number of fused-ring (bicyclic) bond motifs is 3. The van der Waals surface area contributed by atoms with E-state index in [1.54, 1.807) is 31.2 Å². The maximum absolute atomic E-state index is 12.3. The standard InChI is InChI=1S/C14H11NO4/c1-7-12(16)10(14(18)19-2)11-8-5-3-4-6-9(8)13(17)15(7)11/h3-7H,1-2H3. The van der Waals surface area contributed by atoms with Crippen LogP contribution in [0.2, 0.25) is 0 Å². The van der Waals surface area contributed by atoms with E-state index in [1.807, 2.05) is 0 Å². The number of esters is 1. The Hall–Kier alpha value is -2.43. The lowest BCUT2D eigenvalue weighted by molar-refractivity contribution is -0.137. The van der Waals surface area contributed by atoms with Crippen LogP contribution < -0.4 is 0 Å². The molecule has 0 saturated carbocycles. The van der Waals surface area contributed by atoms with Gasteiger partial charge in [-0.3, -0.25) is 14.5 Å². The number of benzene rings is 1. The maximum atomic E-state index is 12.3. The molecule has 0 aliphatic carbocycles. The molecule has 1 atom stereocenters. The van der Waals surface area contributed by atoms with Gasteiger partial charge in [-0.05, 0) is 13.0 Å². The molecular formula is C14H11NO4. The van der Waals surface area contributed by atoms with Crippen molar-refractivity contribution in [1.82, 2.24) is 4.90 Å². The van der Waals surface area contributed by atoms with E-state index >= 15 is 0 Å². The third-order valence-electron chi connectivity index (χ3n) is 3.51. The fourth-order valence-corrected chi connectivity index (χ4v) is 2.60. The fraction of sp³-hybridized carbons (Fsp3) is 0.214. The van der Waals surface area contributed by atoms with Crippen LogP contribution in [0.4, 0.5) is 0 Å². The van der Waals surface area contributed by atoms with Gasteiger partial charge < -0.3 is 4.74 Å². The van der Waals surface area contributed by atoms with E-state index in [0.29, 0.717) is 16.8 Å². The van der Waals surface area contributed by atoms with Crippen molar-refractivity contribution in [3.63, 3.8) is 0 Å². The van der Waals surface area contributed by atoms with Crippen LogP contribution in [0.25, 0.3) is 5.70 Å². The molecule has 1 aromatic rings. The van der Waals surface area contributed by atoms with Gasteiger partial charge in [0.2, 0.25) is 0 Å². The Kier molecular flexibility index (Phi) is 2.32. The van der Waals surface area contributed by atoms with Crippen molar-refractivity contribution in [2.75, 3.05) is 7.11 Å². The number of Topliss-reactive ketones (excluding diaryl/α,β-unsaturated/α-hetero) is 1. The highest BCUT2D eigenvalue weighted by Crippen LogP contribution is 2.41. The van der Waals surface area contributed by atoms with E-state index in [-0.39, 0.29) is 17.3 Å². The molecule has 0 radical (unpaired) electrons. The Morgan fingerprint density at radius 2 is 1.84 bits per heavy atom. The number of amides is 1. The number of carbonyl (C=O) groups excluding carboxylic acids is 3. The first kappa shape index (κ1) is 11.6. The lowest BCUT2D eigenvalue weighted by Gasteiger charge is -2.16. The van der Waals surface area contributed by atoms with Crippen LogP contribution in [0.15, 0.2) is 29.8 Å². The number of ketones is 1. The SMILES string of the molecule is COC(=O)C1=C2c3ccccc3C(=O)N2C(C)C1=O. The van der Waals surface area contributed by atoms with E-state index in [2.05, 4.69) is 4.74 Å². The summed E-state index contributed by atoms with van der Waals surface area (Å²) in [6.45, 7) is 1.61. The molecule has 1 unspecified atom stereocenters. The van der Waals surface area contributed by atoms with Gasteiger partial charge in [0.1, 0.15) is 5.57 Å². The molecule has 5 heteroatoms. The van der Waals surface area contributed by atoms with Gasteiger partial charge >= 0.3 is 5.97 Å². The molecule has 96 valence electrons. The fourth-order valence-electron chi connectivity index (χ4n) is 2.60. The minimum absolute atomic E-state index is 0.0340. The van der Waals surface area contributed by atoms with Gasteiger partial charge in [0.05, 0.1) is 18.8 Å². The summed E-state index contributed by atoms with van der Waals surface area (Å²) in [5, 5.41) is 0. The van der Waals surface area contributed by atoms with Crippen molar-refractivity contribution >= 4 is 23.4 Å². The Labute approximate surface area is 109 Å². The first-order chi connectivity index (χ1) is 9.07. The third kappa shape index (κ3) is 1.32. The van der Waals surface area contributed by atoms with E-state index < -0.39 is 12.0 Å². The van der Waals surface area contributed by atoms with Crippen molar-refractivity contribution < 1.29 is 19.1 Å². The second-order valence-corrected chi connectivity index (χ2v) is 4.48. The van der Waals surface area contributed by atoms with Crippen LogP contribution >= 0.6 is 0 Å². The summed E-state index contributed by atoms with van der Waals surface area (Å²) >= 11 is 0. The molecule has 0 spiro atoms. The molecule has 0 fully saturated rings. The van der Waals surface area contributed by atoms with E-state index in [0.717, 1.165) is 0 Å². The van der Waals surface area contributed by atoms with Crippen molar-refractivity contribution in [2.24, 2.45) is 0 Å². The second-order valence-electron chi connectivity index (χ2n) is 4.48. The average molecular weight is 257 g/mol. The van der Waals surface area contributed by atoms with E-state index in [1.165, 1.54) is 12.0 Å². The molecule has 0 aromatic heterocycles. The van der Waals surface area contributed by atoms with Gasteiger partial charge in [-0.1, -0.05) is 18.2 Å². The zero-order valence-corrected chi connectivity index (χ0v) is 10.5. The molecule has 0 saturated heterocycles. The monoisotopic (exact) mass is 257 g/mol. The van der Waals surface area contributed by atoms with E-state index in [9.17, 15) is 14.4 Å². The first-order valence-corrected chi connectivity index (χ1v) is 5.87. The molecule has 0 N–H and O–H groups in total. The van der Waals surface area contributed by atoms with Gasteiger partial charge in [-0.15, -0.1) is 0 Å². The molecule has 5 nitrogen and oxygen atoms in total. The zero-order valence-electron chi connectivity index (χ0n) is 10.5. The average Bonchev–Trinajstić information content (AvgIpc) is 2.86. The molecule has 1 aromatic carbocycles. The van der Waals surface area contributed by atoms with Crippen LogP contribution in [0.3, 0.4) is 0 Å². The zero-order chi connectivity index (χ0) is 13.7. The number of ether oxygens (including phenoxy) is 1. The summed E-state index contributed by atoms with van der Waals surface area (Å²) in [5.41, 5.74) is 1.47. The number of carbonyl (C=O) groups is 3. The van der Waals surface area contributed by atoms with Crippen LogP contribution in [-0.4, -0.2) is 35.7 Å². The molecule has 3 rings (SSSR count). The highest BCUT2D eigenvalue weighted by molar-refractivity contribution is 6.32. The quantitative estimate of drug-likeness (QED) is 0.556. The maximum Gasteiger partial charge on any atom is 0.343 e. The lowest BCUT2D eigenvalue weighted by Crippen LogP contribution is -2.33. The van der Waals surface area contributed by atoms with Crippen molar-refractivity contribution in [1.29, 1.82) is 0 Å². The summed E-state index contributed by atoms with van der Waals surface area (Å²) in [5.74, 6) is -1.31. The first-order valence-electron chi connectivity index (χ1n) is 5.87. The Morgan fingerprint density at radius 3 is 2.47 bits per heavy atom. The lowest BCUT2D eigenvalue weighted by atomic mass is 10.0. The highest BCUT2D eigenvalue weighted by atomic mass is 16.5. The number of hydrogen-bond acceptors (Lipinski definition) is 4. The second kappa shape index (κ2) is 3.78. The number of nitrogens with zero attached hydrogens (tertiary/aromatic N) is 1. The molecule has 19 heavy (non-hydrogen) atoms. The highest BCUT2D eigenvalue weighted by Gasteiger charge is 2.48. The van der Waals surface area contributed by atoms with Crippen LogP contribution in [-0.2, 0) is 14.3 Å². The van der Waals surface area contributed by atoms with Crippen molar-refractivity contribution in [2.45, 2.75) is 13.0 Å². The number of methoxy groups -OCH3 is 1. The summed E-state index contributed by atoms with van der Waals surface area (Å²) in [7, 11) is 1.22. The molecule has 1 amide bonds. The van der Waals surface area contributed by atoms with Crippen LogP contribution in [0.1, 0.15) is 22.8 Å². The molecule has 2 heterocycles. The Balaban J connectivity index is 2.31. The van der Waals surface area contributed by atoms with Crippen molar-refractivity contribution in [3.05, 3.63) is 41.0 Å². The minimum atomic E-state index is -0.696. The Bertz CT molecular complexity index is 659. The summed E-state index contributed by atoms with van der Waals surface area (Å²) in [4.78, 5) is 37.6. The number of hydrogen-bond donors (Lipinski definition) is 0. The normalized spacial score (nSPS) is 20.7. The minimum Gasteiger partial charge on any atom is -0.465 e. The van der Waals surface area contributed by atoms with Gasteiger partial charge in [0.15, 0.2) is 5.78 Å². The molecular weight excluding hydrogens is 246 g/mol. The van der Waals surface area contributed by atoms with Crippen LogP contribution in [0.5, 0.6) is 0 Å². The summed E-state index contributed by atoms with van der Waals surface area (Å²) < 4.78 is 4.66. The van der Waals surface area contributed by atoms with Gasteiger partial charge in [0.25, 0.3) is 5.91 Å². The molecule has 0 bridgehead atoms. The molecule has 2 aliphatic rings. The predicted molar refractivity (Wildman–Crippen MR) is 66.0 cm³/mol. The van der Waals surface area contributed by atoms with E-state index in [4.69, 9.17) is 0 Å². The smallest absolute Gasteiger partial charge is 0.343 e. The van der Waals surface area contributed by atoms with Gasteiger partial charge in [0, 0.05) is 11.1 Å². The Morgan fingerprint density at radius 1 is 1.21 bits per heavy atom. The summed E-state index contributed by atoms with van der Waals surface area (Å²) in [6.07, 6.45) is 0. The third-order valence-corrected chi connectivity index (χ3v) is 3.51. The largest absolute Gasteiger partial charge is 0.465 e. The number of rotatable bonds is 1. The summed E-state index contributed by atoms with van der Waals surface area (Å²) in [6, 6.07) is 6.28. The van der Waals surface area contributed by atoms with Gasteiger partial charge in [-0.2, -0.15) is 0 Å². The van der Waals surface area contributed by atoms with Gasteiger partial charge in [-0.25, -0.2) is 4.79 Å². The predicted octanol–water partition coefficient (Wildman–Crippen LogP) is 0.998. The topological polar surface area (TPSA) is 63.7 Å². The van der Waals surface area contributed by atoms with Crippen molar-refractivity contribution in [3.8, 4) is 0 Å².